The Morgan fingerprint density at radius 3 is 2.16 bits per heavy atom. The molecule has 0 atom stereocenters. The fraction of sp³-hybridized carbons (Fsp3) is 0.129. The first-order chi connectivity index (χ1) is 20.9. The molecule has 0 saturated carbocycles. The summed E-state index contributed by atoms with van der Waals surface area (Å²) in [5.41, 5.74) is 2.13. The van der Waals surface area contributed by atoms with E-state index in [2.05, 4.69) is 10.1 Å². The van der Waals surface area contributed by atoms with E-state index in [1.807, 2.05) is 60.7 Å². The van der Waals surface area contributed by atoms with Crippen LogP contribution in [0.2, 0.25) is 0 Å². The van der Waals surface area contributed by atoms with Gasteiger partial charge in [-0.2, -0.15) is 16.4 Å². The molecule has 0 aliphatic heterocycles. The lowest BCUT2D eigenvalue weighted by atomic mass is 9.46. The summed E-state index contributed by atoms with van der Waals surface area (Å²) >= 11 is 1.29. The van der Waals surface area contributed by atoms with Gasteiger partial charge in [0, 0.05) is 22.2 Å². The topological polar surface area (TPSA) is 114 Å². The number of carbonyl (C=O) groups is 2. The maximum absolute atomic E-state index is 13.7. The van der Waals surface area contributed by atoms with Gasteiger partial charge in [-0.15, -0.1) is 0 Å². The number of fused-ring (bicyclic) bond motifs is 2. The Bertz CT molecular complexity index is 1920. The molecule has 0 saturated heterocycles. The lowest BCUT2D eigenvalue weighted by molar-refractivity contribution is 0.155. The monoisotopic (exact) mass is 595 g/mol. The SMILES string of the molecule is O=C(OCc1ccccc1)B(Cc1nn(Cc2nc3cc(F)ccc3o2)c(=O)c2cscc12)C(=O)OCc1ccccc1. The van der Waals surface area contributed by atoms with Crippen LogP contribution in [0.15, 0.2) is 98.8 Å². The Morgan fingerprint density at radius 1 is 0.884 bits per heavy atom. The molecule has 6 rings (SSSR count). The minimum absolute atomic E-state index is 0.0265. The Morgan fingerprint density at radius 2 is 1.51 bits per heavy atom. The summed E-state index contributed by atoms with van der Waals surface area (Å²) in [5, 5.41) is 8.82. The van der Waals surface area contributed by atoms with E-state index in [-0.39, 0.29) is 32.0 Å². The number of hydrogen-bond acceptors (Lipinski definition) is 9. The molecule has 3 aromatic carbocycles. The quantitative estimate of drug-likeness (QED) is 0.172. The van der Waals surface area contributed by atoms with Crippen LogP contribution in [0.4, 0.5) is 14.0 Å². The minimum Gasteiger partial charge on any atom is -0.468 e. The molecule has 214 valence electrons. The normalized spacial score (nSPS) is 11.1. The van der Waals surface area contributed by atoms with Gasteiger partial charge >= 0.3 is 6.71 Å². The van der Waals surface area contributed by atoms with Gasteiger partial charge in [0.1, 0.15) is 31.1 Å². The van der Waals surface area contributed by atoms with Gasteiger partial charge in [0.2, 0.25) is 5.89 Å². The Labute approximate surface area is 248 Å². The minimum atomic E-state index is -1.35. The van der Waals surface area contributed by atoms with Crippen LogP contribution < -0.4 is 5.56 Å². The van der Waals surface area contributed by atoms with Crippen molar-refractivity contribution in [3.63, 3.8) is 0 Å². The average Bonchev–Trinajstić information content (AvgIpc) is 3.68. The first-order valence-electron chi connectivity index (χ1n) is 13.4. The van der Waals surface area contributed by atoms with E-state index in [4.69, 9.17) is 13.9 Å². The summed E-state index contributed by atoms with van der Waals surface area (Å²) in [6.07, 6.45) is -0.173. The summed E-state index contributed by atoms with van der Waals surface area (Å²) in [4.78, 5) is 44.3. The molecule has 43 heavy (non-hydrogen) atoms. The molecule has 0 N–H and O–H groups in total. The number of halogens is 1. The van der Waals surface area contributed by atoms with Crippen LogP contribution in [0.1, 0.15) is 22.7 Å². The van der Waals surface area contributed by atoms with Crippen LogP contribution in [0.3, 0.4) is 0 Å². The van der Waals surface area contributed by atoms with E-state index < -0.39 is 29.8 Å². The molecule has 0 radical (unpaired) electrons. The van der Waals surface area contributed by atoms with Crippen molar-refractivity contribution in [1.82, 2.24) is 14.8 Å². The third-order valence-corrected chi connectivity index (χ3v) is 7.52. The molecular formula is C31H23BFN3O6S. The number of oxazole rings is 1. The zero-order chi connectivity index (χ0) is 29.8. The van der Waals surface area contributed by atoms with Crippen LogP contribution in [-0.2, 0) is 35.6 Å². The number of hydrogen-bond donors (Lipinski definition) is 0. The lowest BCUT2D eigenvalue weighted by Crippen LogP contribution is -2.40. The number of nitrogens with zero attached hydrogens (tertiary/aromatic N) is 3. The van der Waals surface area contributed by atoms with E-state index in [0.29, 0.717) is 27.6 Å². The summed E-state index contributed by atoms with van der Waals surface area (Å²) in [7, 11) is 0. The van der Waals surface area contributed by atoms with Crippen molar-refractivity contribution in [2.24, 2.45) is 0 Å². The summed E-state index contributed by atoms with van der Waals surface area (Å²) in [6.45, 7) is -1.54. The molecule has 3 heterocycles. The van der Waals surface area contributed by atoms with Crippen molar-refractivity contribution in [3.05, 3.63) is 129 Å². The fourth-order valence-corrected chi connectivity index (χ4v) is 5.42. The summed E-state index contributed by atoms with van der Waals surface area (Å²) in [6, 6.07) is 22.2. The summed E-state index contributed by atoms with van der Waals surface area (Å²) in [5.74, 6) is -1.86. The highest BCUT2D eigenvalue weighted by atomic mass is 32.1. The molecule has 0 spiro atoms. The van der Waals surface area contributed by atoms with Gasteiger partial charge < -0.3 is 13.9 Å². The Balaban J connectivity index is 1.30. The van der Waals surface area contributed by atoms with E-state index in [1.165, 1.54) is 29.5 Å². The van der Waals surface area contributed by atoms with Crippen molar-refractivity contribution in [1.29, 1.82) is 0 Å². The first kappa shape index (κ1) is 28.0. The second-order valence-corrected chi connectivity index (χ2v) is 10.5. The molecular weight excluding hydrogens is 572 g/mol. The molecule has 0 bridgehead atoms. The third kappa shape index (κ3) is 6.39. The molecule has 0 unspecified atom stereocenters. The van der Waals surface area contributed by atoms with Crippen LogP contribution in [0, 0.1) is 5.82 Å². The molecule has 0 fully saturated rings. The Kier molecular flexibility index (Phi) is 8.10. The zero-order valence-corrected chi connectivity index (χ0v) is 23.5. The highest BCUT2D eigenvalue weighted by molar-refractivity contribution is 7.10. The molecule has 0 amide bonds. The average molecular weight is 595 g/mol. The smallest absolute Gasteiger partial charge is 0.414 e. The maximum atomic E-state index is 13.7. The number of benzene rings is 3. The second-order valence-electron chi connectivity index (χ2n) is 9.77. The van der Waals surface area contributed by atoms with Gasteiger partial charge in [-0.3, -0.25) is 14.4 Å². The van der Waals surface area contributed by atoms with Crippen molar-refractivity contribution in [2.75, 3.05) is 0 Å². The summed E-state index contributed by atoms with van der Waals surface area (Å²) < 4.78 is 31.6. The second kappa shape index (κ2) is 12.4. The standard InChI is InChI=1S/C31H23BFN3O6S/c33-22-11-12-27-25(13-22)34-28(42-27)15-36-29(37)24-19-43-18-23(24)26(35-36)14-32(30(38)40-16-20-7-3-1-4-8-20)31(39)41-17-21-9-5-2-6-10-21/h1-13,18-19H,14-17H2. The van der Waals surface area contributed by atoms with Crippen LogP contribution >= 0.6 is 11.3 Å². The number of carbonyl (C=O) groups excluding carboxylic acids is 2. The van der Waals surface area contributed by atoms with Crippen molar-refractivity contribution in [3.8, 4) is 0 Å². The lowest BCUT2D eigenvalue weighted by Gasteiger charge is -2.14. The van der Waals surface area contributed by atoms with Gasteiger partial charge in [-0.1, -0.05) is 60.7 Å². The van der Waals surface area contributed by atoms with Gasteiger partial charge in [0.25, 0.3) is 17.3 Å². The highest BCUT2D eigenvalue weighted by Gasteiger charge is 2.38. The molecule has 0 aliphatic carbocycles. The first-order valence-corrected chi connectivity index (χ1v) is 14.3. The van der Waals surface area contributed by atoms with Crippen LogP contribution in [0.25, 0.3) is 21.9 Å². The van der Waals surface area contributed by atoms with Crippen LogP contribution in [-0.4, -0.2) is 33.2 Å². The van der Waals surface area contributed by atoms with E-state index in [9.17, 15) is 18.8 Å². The van der Waals surface area contributed by atoms with E-state index in [1.54, 1.807) is 10.8 Å². The zero-order valence-electron chi connectivity index (χ0n) is 22.6. The molecule has 6 aromatic rings. The van der Waals surface area contributed by atoms with Gasteiger partial charge in [0.05, 0.1) is 11.1 Å². The predicted molar refractivity (Wildman–Crippen MR) is 160 cm³/mol. The fourth-order valence-electron chi connectivity index (χ4n) is 4.59. The molecule has 9 nitrogen and oxygen atoms in total. The number of ether oxygens (including phenoxy) is 2. The van der Waals surface area contributed by atoms with Gasteiger partial charge in [0.15, 0.2) is 5.58 Å². The van der Waals surface area contributed by atoms with Crippen molar-refractivity contribution < 1.29 is 27.9 Å². The number of aromatic nitrogens is 3. The molecule has 0 aliphatic rings. The predicted octanol–water partition coefficient (Wildman–Crippen LogP) is 6.20. The Hall–Kier alpha value is -5.10. The molecule has 3 aromatic heterocycles. The van der Waals surface area contributed by atoms with Crippen molar-refractivity contribution >= 4 is 51.7 Å². The number of thiophene rings is 1. The van der Waals surface area contributed by atoms with Crippen LogP contribution in [0.5, 0.6) is 0 Å². The van der Waals surface area contributed by atoms with E-state index >= 15 is 0 Å². The van der Waals surface area contributed by atoms with Gasteiger partial charge in [-0.05, 0) is 29.6 Å². The molecule has 12 heteroatoms. The van der Waals surface area contributed by atoms with Gasteiger partial charge in [-0.25, -0.2) is 14.1 Å². The largest absolute Gasteiger partial charge is 0.468 e. The third-order valence-electron chi connectivity index (χ3n) is 6.77. The highest BCUT2D eigenvalue weighted by Crippen LogP contribution is 2.22. The van der Waals surface area contributed by atoms with Crippen molar-refractivity contribution in [2.45, 2.75) is 26.1 Å². The van der Waals surface area contributed by atoms with E-state index in [0.717, 1.165) is 15.8 Å². The maximum Gasteiger partial charge on any atom is 0.414 e. The number of rotatable bonds is 10.